The van der Waals surface area contributed by atoms with Crippen molar-refractivity contribution in [3.8, 4) is 17.2 Å². The summed E-state index contributed by atoms with van der Waals surface area (Å²) in [5, 5.41) is 6.67. The molecule has 29 heavy (non-hydrogen) atoms. The first kappa shape index (κ1) is 23.1. The van der Waals surface area contributed by atoms with Crippen LogP contribution in [0.1, 0.15) is 25.0 Å². The van der Waals surface area contributed by atoms with Gasteiger partial charge < -0.3 is 24.8 Å². The Labute approximate surface area is 190 Å². The van der Waals surface area contributed by atoms with Gasteiger partial charge in [-0.1, -0.05) is 24.3 Å². The Hall–Kier alpha value is -2.16. The molecule has 0 spiro atoms. The fourth-order valence-electron chi connectivity index (χ4n) is 3.18. The fourth-order valence-corrected chi connectivity index (χ4v) is 3.18. The predicted octanol–water partition coefficient (Wildman–Crippen LogP) is 3.77. The lowest BCUT2D eigenvalue weighted by molar-refractivity contribution is 0.235. The van der Waals surface area contributed by atoms with E-state index in [9.17, 15) is 0 Å². The highest BCUT2D eigenvalue weighted by Gasteiger charge is 2.22. The molecule has 6 nitrogen and oxygen atoms in total. The minimum Gasteiger partial charge on any atom is -0.493 e. The lowest BCUT2D eigenvalue weighted by Gasteiger charge is -2.15. The smallest absolute Gasteiger partial charge is 0.191 e. The van der Waals surface area contributed by atoms with Crippen molar-refractivity contribution in [3.05, 3.63) is 53.6 Å². The second-order valence-corrected chi connectivity index (χ2v) is 6.55. The van der Waals surface area contributed by atoms with Gasteiger partial charge in [-0.15, -0.1) is 24.0 Å². The van der Waals surface area contributed by atoms with Crippen molar-refractivity contribution in [1.29, 1.82) is 0 Å². The zero-order valence-electron chi connectivity index (χ0n) is 17.2. The summed E-state index contributed by atoms with van der Waals surface area (Å²) in [7, 11) is 1.65. The number of rotatable bonds is 8. The zero-order valence-corrected chi connectivity index (χ0v) is 19.6. The van der Waals surface area contributed by atoms with E-state index in [1.807, 2.05) is 37.3 Å². The molecule has 1 unspecified atom stereocenters. The summed E-state index contributed by atoms with van der Waals surface area (Å²) in [5.41, 5.74) is 2.32. The van der Waals surface area contributed by atoms with Gasteiger partial charge in [-0.3, -0.25) is 0 Å². The number of halogens is 1. The number of hydrogen-bond acceptors (Lipinski definition) is 4. The van der Waals surface area contributed by atoms with Gasteiger partial charge in [0.2, 0.25) is 0 Å². The van der Waals surface area contributed by atoms with Crippen LogP contribution in [-0.4, -0.2) is 38.9 Å². The van der Waals surface area contributed by atoms with Gasteiger partial charge in [-0.2, -0.15) is 0 Å². The predicted molar refractivity (Wildman–Crippen MR) is 127 cm³/mol. The van der Waals surface area contributed by atoms with E-state index in [1.165, 1.54) is 5.56 Å². The lowest BCUT2D eigenvalue weighted by Crippen LogP contribution is -2.42. The molecule has 0 fully saturated rings. The highest BCUT2D eigenvalue weighted by molar-refractivity contribution is 14.0. The topological polar surface area (TPSA) is 64.1 Å². The number of aliphatic imine (C=N–C) groups is 1. The summed E-state index contributed by atoms with van der Waals surface area (Å²) in [6.45, 7) is 6.66. The summed E-state index contributed by atoms with van der Waals surface area (Å²) >= 11 is 0. The van der Waals surface area contributed by atoms with E-state index in [-0.39, 0.29) is 30.1 Å². The molecule has 0 saturated carbocycles. The normalized spacial score (nSPS) is 15.0. The van der Waals surface area contributed by atoms with Crippen molar-refractivity contribution >= 4 is 29.9 Å². The largest absolute Gasteiger partial charge is 0.493 e. The monoisotopic (exact) mass is 511 g/mol. The van der Waals surface area contributed by atoms with E-state index < -0.39 is 0 Å². The average Bonchev–Trinajstić information content (AvgIpc) is 3.14. The van der Waals surface area contributed by atoms with E-state index in [1.54, 1.807) is 7.11 Å². The summed E-state index contributed by atoms with van der Waals surface area (Å²) in [6.07, 6.45) is 1.03. The Kier molecular flexibility index (Phi) is 9.37. The van der Waals surface area contributed by atoms with Gasteiger partial charge in [0.25, 0.3) is 0 Å². The third-order valence-corrected chi connectivity index (χ3v) is 4.50. The highest BCUT2D eigenvalue weighted by atomic mass is 127. The van der Waals surface area contributed by atoms with Gasteiger partial charge in [0.15, 0.2) is 17.5 Å². The molecule has 0 aliphatic carbocycles. The van der Waals surface area contributed by atoms with Crippen molar-refractivity contribution < 1.29 is 14.2 Å². The number of nitrogens with one attached hydrogen (secondary N) is 2. The van der Waals surface area contributed by atoms with Gasteiger partial charge >= 0.3 is 0 Å². The number of fused-ring (bicyclic) bond motifs is 1. The van der Waals surface area contributed by atoms with Crippen molar-refractivity contribution in [2.75, 3.05) is 26.8 Å². The Morgan fingerprint density at radius 1 is 1.14 bits per heavy atom. The minimum absolute atomic E-state index is 0. The molecule has 3 rings (SSSR count). The second-order valence-electron chi connectivity index (χ2n) is 6.55. The van der Waals surface area contributed by atoms with Crippen molar-refractivity contribution in [2.45, 2.75) is 32.9 Å². The van der Waals surface area contributed by atoms with E-state index in [0.717, 1.165) is 41.7 Å². The fraction of sp³-hybridized carbons (Fsp3) is 0.409. The van der Waals surface area contributed by atoms with E-state index in [0.29, 0.717) is 19.7 Å². The standard InChI is InChI=1S/C22H29N3O3.HI/c1-4-23-22(25-15-18-13-17-8-6-7-9-19(17)28-18)24-14-16-10-11-20(27-5-2)21(12-16)26-3;/h6-12,18H,4-5,13-15H2,1-3H3,(H2,23,24,25);1H. The number of para-hydroxylation sites is 1. The molecule has 0 aromatic heterocycles. The van der Waals surface area contributed by atoms with E-state index in [4.69, 9.17) is 14.2 Å². The molecular formula is C22H30IN3O3. The van der Waals surface area contributed by atoms with Crippen LogP contribution in [0.3, 0.4) is 0 Å². The van der Waals surface area contributed by atoms with Gasteiger partial charge in [-0.25, -0.2) is 4.99 Å². The lowest BCUT2D eigenvalue weighted by atomic mass is 10.1. The molecule has 1 aliphatic rings. The van der Waals surface area contributed by atoms with E-state index >= 15 is 0 Å². The van der Waals surface area contributed by atoms with Crippen LogP contribution in [-0.2, 0) is 13.0 Å². The number of methoxy groups -OCH3 is 1. The highest BCUT2D eigenvalue weighted by Crippen LogP contribution is 2.29. The molecule has 2 aromatic carbocycles. The number of benzene rings is 2. The molecule has 1 aliphatic heterocycles. The van der Waals surface area contributed by atoms with Crippen LogP contribution in [0.25, 0.3) is 0 Å². The van der Waals surface area contributed by atoms with Gasteiger partial charge in [0.05, 0.1) is 26.8 Å². The summed E-state index contributed by atoms with van der Waals surface area (Å²) < 4.78 is 17.0. The summed E-state index contributed by atoms with van der Waals surface area (Å²) in [4.78, 5) is 4.69. The first-order chi connectivity index (χ1) is 13.7. The van der Waals surface area contributed by atoms with E-state index in [2.05, 4.69) is 34.7 Å². The molecule has 0 radical (unpaired) electrons. The molecule has 2 aromatic rings. The maximum absolute atomic E-state index is 5.99. The number of ether oxygens (including phenoxy) is 3. The minimum atomic E-state index is 0. The first-order valence-corrected chi connectivity index (χ1v) is 9.80. The van der Waals surface area contributed by atoms with Gasteiger partial charge in [-0.05, 0) is 43.2 Å². The Balaban J connectivity index is 0.00000300. The molecule has 0 bridgehead atoms. The number of nitrogens with zero attached hydrogens (tertiary/aromatic N) is 1. The van der Waals surface area contributed by atoms with Crippen LogP contribution >= 0.6 is 24.0 Å². The van der Waals surface area contributed by atoms with Crippen molar-refractivity contribution in [2.24, 2.45) is 4.99 Å². The molecule has 7 heteroatoms. The Morgan fingerprint density at radius 2 is 1.97 bits per heavy atom. The van der Waals surface area contributed by atoms with Crippen LogP contribution < -0.4 is 24.8 Å². The average molecular weight is 511 g/mol. The maximum Gasteiger partial charge on any atom is 0.191 e. The first-order valence-electron chi connectivity index (χ1n) is 9.80. The molecular weight excluding hydrogens is 481 g/mol. The number of hydrogen-bond donors (Lipinski definition) is 2. The van der Waals surface area contributed by atoms with Crippen LogP contribution in [0.2, 0.25) is 0 Å². The Morgan fingerprint density at radius 3 is 2.69 bits per heavy atom. The third-order valence-electron chi connectivity index (χ3n) is 4.50. The molecule has 158 valence electrons. The number of guanidine groups is 1. The molecule has 0 amide bonds. The van der Waals surface area contributed by atoms with Crippen LogP contribution in [0.5, 0.6) is 17.2 Å². The zero-order chi connectivity index (χ0) is 19.8. The third kappa shape index (κ3) is 6.42. The molecule has 1 atom stereocenters. The van der Waals surface area contributed by atoms with Gasteiger partial charge in [0, 0.05) is 13.0 Å². The van der Waals surface area contributed by atoms with Crippen molar-refractivity contribution in [1.82, 2.24) is 10.6 Å². The second kappa shape index (κ2) is 11.7. The molecule has 1 heterocycles. The quantitative estimate of drug-likeness (QED) is 0.321. The molecule has 2 N–H and O–H groups in total. The summed E-state index contributed by atoms with van der Waals surface area (Å²) in [6, 6.07) is 14.1. The van der Waals surface area contributed by atoms with Gasteiger partial charge in [0.1, 0.15) is 11.9 Å². The van der Waals surface area contributed by atoms with Crippen LogP contribution in [0.15, 0.2) is 47.5 Å². The summed E-state index contributed by atoms with van der Waals surface area (Å²) in [5.74, 6) is 3.23. The van der Waals surface area contributed by atoms with Crippen LogP contribution in [0.4, 0.5) is 0 Å². The van der Waals surface area contributed by atoms with Crippen LogP contribution in [0, 0.1) is 0 Å². The Bertz CT molecular complexity index is 789. The SMILES string of the molecule is CCNC(=NCc1ccc(OCC)c(OC)c1)NCC1Cc2ccccc2O1.I. The molecule has 0 saturated heterocycles. The maximum atomic E-state index is 5.99. The van der Waals surface area contributed by atoms with Crippen molar-refractivity contribution in [3.63, 3.8) is 0 Å².